The average molecular weight is 178 g/mol. The van der Waals surface area contributed by atoms with Gasteiger partial charge in [0.05, 0.1) is 0 Å². The first-order valence-corrected chi connectivity index (χ1v) is 5.50. The Morgan fingerprint density at radius 1 is 1.23 bits per heavy atom. The van der Waals surface area contributed by atoms with E-state index in [4.69, 9.17) is 0 Å². The highest BCUT2D eigenvalue weighted by atomic mass is 16.1. The van der Waals surface area contributed by atoms with Crippen molar-refractivity contribution >= 4 is 5.78 Å². The quantitative estimate of drug-likeness (QED) is 0.557. The van der Waals surface area contributed by atoms with Gasteiger partial charge in [0.15, 0.2) is 5.78 Å². The standard InChI is InChI=1S/C12H18O/c1-9-5-4-7-10-6-2-3-8-11(10)12(9)13/h5,10-11H,2-4,6-8H2,1H3/t10-,11-/m1/s1. The molecule has 0 aromatic heterocycles. The van der Waals surface area contributed by atoms with E-state index in [1.54, 1.807) is 0 Å². The first kappa shape index (κ1) is 8.98. The number of ketones is 1. The van der Waals surface area contributed by atoms with E-state index in [1.807, 2.05) is 6.92 Å². The maximum absolute atomic E-state index is 11.9. The van der Waals surface area contributed by atoms with Crippen LogP contribution in [0.5, 0.6) is 0 Å². The molecule has 0 bridgehead atoms. The van der Waals surface area contributed by atoms with Crippen molar-refractivity contribution < 1.29 is 4.79 Å². The van der Waals surface area contributed by atoms with Gasteiger partial charge in [-0.15, -0.1) is 0 Å². The molecule has 0 aromatic rings. The van der Waals surface area contributed by atoms with Gasteiger partial charge in [-0.1, -0.05) is 18.9 Å². The molecule has 2 rings (SSSR count). The van der Waals surface area contributed by atoms with Crippen LogP contribution in [0.3, 0.4) is 0 Å². The van der Waals surface area contributed by atoms with Crippen LogP contribution in [0.1, 0.15) is 45.4 Å². The Labute approximate surface area is 80.2 Å². The molecule has 0 radical (unpaired) electrons. The number of carbonyl (C=O) groups is 1. The third kappa shape index (κ3) is 1.70. The summed E-state index contributed by atoms with van der Waals surface area (Å²) in [5, 5.41) is 0. The van der Waals surface area contributed by atoms with Gasteiger partial charge in [-0.25, -0.2) is 0 Å². The molecule has 0 amide bonds. The van der Waals surface area contributed by atoms with Crippen LogP contribution in [-0.2, 0) is 4.79 Å². The van der Waals surface area contributed by atoms with E-state index < -0.39 is 0 Å². The molecule has 1 heteroatoms. The lowest BCUT2D eigenvalue weighted by atomic mass is 9.75. The van der Waals surface area contributed by atoms with Crippen molar-refractivity contribution in [3.8, 4) is 0 Å². The summed E-state index contributed by atoms with van der Waals surface area (Å²) in [6.07, 6.45) is 9.55. The van der Waals surface area contributed by atoms with E-state index >= 15 is 0 Å². The van der Waals surface area contributed by atoms with Crippen molar-refractivity contribution in [3.05, 3.63) is 11.6 Å². The number of carbonyl (C=O) groups excluding carboxylic acids is 1. The van der Waals surface area contributed by atoms with E-state index in [2.05, 4.69) is 6.08 Å². The average Bonchev–Trinajstić information content (AvgIpc) is 2.29. The molecule has 2 aliphatic carbocycles. The molecule has 0 unspecified atom stereocenters. The fourth-order valence-electron chi connectivity index (χ4n) is 2.81. The van der Waals surface area contributed by atoms with Crippen molar-refractivity contribution in [1.29, 1.82) is 0 Å². The van der Waals surface area contributed by atoms with Crippen molar-refractivity contribution in [2.75, 3.05) is 0 Å². The lowest BCUT2D eigenvalue weighted by Gasteiger charge is -2.28. The first-order chi connectivity index (χ1) is 6.29. The molecule has 0 heterocycles. The van der Waals surface area contributed by atoms with E-state index in [-0.39, 0.29) is 0 Å². The highest BCUT2D eigenvalue weighted by Gasteiger charge is 2.32. The van der Waals surface area contributed by atoms with Crippen LogP contribution in [0, 0.1) is 11.8 Å². The zero-order valence-corrected chi connectivity index (χ0v) is 8.38. The van der Waals surface area contributed by atoms with Gasteiger partial charge in [0.1, 0.15) is 0 Å². The predicted octanol–water partition coefficient (Wildman–Crippen LogP) is 3.10. The number of fused-ring (bicyclic) bond motifs is 1. The van der Waals surface area contributed by atoms with Crippen LogP contribution in [0.25, 0.3) is 0 Å². The van der Waals surface area contributed by atoms with Gasteiger partial charge in [-0.2, -0.15) is 0 Å². The third-order valence-corrected chi connectivity index (χ3v) is 3.62. The van der Waals surface area contributed by atoms with E-state index in [9.17, 15) is 4.79 Å². The summed E-state index contributed by atoms with van der Waals surface area (Å²) in [5.74, 6) is 1.53. The first-order valence-electron chi connectivity index (χ1n) is 5.50. The fourth-order valence-corrected chi connectivity index (χ4v) is 2.81. The summed E-state index contributed by atoms with van der Waals surface area (Å²) in [6.45, 7) is 1.99. The Bertz CT molecular complexity index is 240. The van der Waals surface area contributed by atoms with Gasteiger partial charge < -0.3 is 0 Å². The minimum absolute atomic E-state index is 0.382. The van der Waals surface area contributed by atoms with Crippen molar-refractivity contribution in [1.82, 2.24) is 0 Å². The topological polar surface area (TPSA) is 17.1 Å². The van der Waals surface area contributed by atoms with Gasteiger partial charge in [-0.3, -0.25) is 4.79 Å². The van der Waals surface area contributed by atoms with E-state index in [0.717, 1.165) is 18.4 Å². The summed E-state index contributed by atoms with van der Waals surface area (Å²) < 4.78 is 0. The molecule has 1 saturated carbocycles. The molecule has 0 aromatic carbocycles. The van der Waals surface area contributed by atoms with Crippen molar-refractivity contribution in [2.45, 2.75) is 45.4 Å². The Hall–Kier alpha value is -0.590. The number of rotatable bonds is 0. The zero-order chi connectivity index (χ0) is 9.26. The molecule has 72 valence electrons. The normalized spacial score (nSPS) is 34.8. The summed E-state index contributed by atoms with van der Waals surface area (Å²) in [4.78, 5) is 11.9. The Balaban J connectivity index is 2.17. The van der Waals surface area contributed by atoms with Gasteiger partial charge in [0.25, 0.3) is 0 Å². The summed E-state index contributed by atoms with van der Waals surface area (Å²) in [6, 6.07) is 0. The summed E-state index contributed by atoms with van der Waals surface area (Å²) >= 11 is 0. The molecular weight excluding hydrogens is 160 g/mol. The monoisotopic (exact) mass is 178 g/mol. The number of allylic oxidation sites excluding steroid dienone is 2. The maximum atomic E-state index is 11.9. The molecule has 1 fully saturated rings. The molecular formula is C12H18O. The molecule has 1 nitrogen and oxygen atoms in total. The SMILES string of the molecule is CC1=CCC[C@H]2CCCC[C@H]2C1=O. The number of Topliss-reactive ketones (excluding diaryl/α,β-unsaturated/α-hetero) is 1. The van der Waals surface area contributed by atoms with Crippen LogP contribution < -0.4 is 0 Å². The van der Waals surface area contributed by atoms with Crippen LogP contribution in [0.15, 0.2) is 11.6 Å². The van der Waals surface area contributed by atoms with Gasteiger partial charge in [0, 0.05) is 5.92 Å². The van der Waals surface area contributed by atoms with Gasteiger partial charge in [-0.05, 0) is 44.1 Å². The van der Waals surface area contributed by atoms with Crippen LogP contribution in [0.2, 0.25) is 0 Å². The minimum atomic E-state index is 0.382. The van der Waals surface area contributed by atoms with Crippen LogP contribution >= 0.6 is 0 Å². The van der Waals surface area contributed by atoms with Gasteiger partial charge >= 0.3 is 0 Å². The maximum Gasteiger partial charge on any atom is 0.161 e. The summed E-state index contributed by atoms with van der Waals surface area (Å²) in [7, 11) is 0. The predicted molar refractivity (Wildman–Crippen MR) is 53.4 cm³/mol. The molecule has 0 aliphatic heterocycles. The molecule has 0 saturated heterocycles. The smallest absolute Gasteiger partial charge is 0.161 e. The fraction of sp³-hybridized carbons (Fsp3) is 0.750. The molecule has 0 N–H and O–H groups in total. The number of hydrogen-bond donors (Lipinski definition) is 0. The van der Waals surface area contributed by atoms with Crippen LogP contribution in [-0.4, -0.2) is 5.78 Å². The second-order valence-electron chi connectivity index (χ2n) is 4.48. The highest BCUT2D eigenvalue weighted by molar-refractivity contribution is 5.97. The van der Waals surface area contributed by atoms with Crippen molar-refractivity contribution in [3.63, 3.8) is 0 Å². The van der Waals surface area contributed by atoms with Crippen molar-refractivity contribution in [2.24, 2.45) is 11.8 Å². The number of hydrogen-bond acceptors (Lipinski definition) is 1. The van der Waals surface area contributed by atoms with E-state index in [0.29, 0.717) is 17.6 Å². The Morgan fingerprint density at radius 3 is 2.85 bits per heavy atom. The highest BCUT2D eigenvalue weighted by Crippen LogP contribution is 2.37. The Morgan fingerprint density at radius 2 is 2.00 bits per heavy atom. The Kier molecular flexibility index (Phi) is 2.52. The molecule has 2 atom stereocenters. The lowest BCUT2D eigenvalue weighted by Crippen LogP contribution is -2.26. The second kappa shape index (κ2) is 3.65. The largest absolute Gasteiger partial charge is 0.294 e. The van der Waals surface area contributed by atoms with Crippen LogP contribution in [0.4, 0.5) is 0 Å². The lowest BCUT2D eigenvalue weighted by molar-refractivity contribution is -0.121. The minimum Gasteiger partial charge on any atom is -0.294 e. The second-order valence-corrected chi connectivity index (χ2v) is 4.48. The van der Waals surface area contributed by atoms with E-state index in [1.165, 1.54) is 25.7 Å². The molecule has 13 heavy (non-hydrogen) atoms. The van der Waals surface area contributed by atoms with Gasteiger partial charge in [0.2, 0.25) is 0 Å². The summed E-state index contributed by atoms with van der Waals surface area (Å²) in [5.41, 5.74) is 1.02. The third-order valence-electron chi connectivity index (χ3n) is 3.62. The molecule has 0 spiro atoms. The molecule has 2 aliphatic rings. The zero-order valence-electron chi connectivity index (χ0n) is 8.38.